The second-order valence-corrected chi connectivity index (χ2v) is 3.51. The first-order chi connectivity index (χ1) is 7.22. The molecule has 2 rings (SSSR count). The predicted molar refractivity (Wildman–Crippen MR) is 58.7 cm³/mol. The van der Waals surface area contributed by atoms with Crippen molar-refractivity contribution >= 4 is 0 Å². The van der Waals surface area contributed by atoms with Crippen molar-refractivity contribution in [1.82, 2.24) is 14.5 Å². The molecule has 4 nitrogen and oxygen atoms in total. The molecule has 0 aliphatic heterocycles. The first-order valence-corrected chi connectivity index (χ1v) is 4.88. The molecule has 15 heavy (non-hydrogen) atoms. The summed E-state index contributed by atoms with van der Waals surface area (Å²) in [5.74, 6) is 0.880. The van der Waals surface area contributed by atoms with Gasteiger partial charge in [-0.05, 0) is 25.5 Å². The van der Waals surface area contributed by atoms with Gasteiger partial charge in [0.1, 0.15) is 12.1 Å². The van der Waals surface area contributed by atoms with Gasteiger partial charge in [0.2, 0.25) is 0 Å². The van der Waals surface area contributed by atoms with Gasteiger partial charge in [0, 0.05) is 18.4 Å². The summed E-state index contributed by atoms with van der Waals surface area (Å²) in [6, 6.07) is 3.94. The van der Waals surface area contributed by atoms with Crippen LogP contribution in [0.15, 0.2) is 24.7 Å². The summed E-state index contributed by atoms with van der Waals surface area (Å²) in [7, 11) is 0. The fourth-order valence-electron chi connectivity index (χ4n) is 1.41. The lowest BCUT2D eigenvalue weighted by Gasteiger charge is -2.04. The summed E-state index contributed by atoms with van der Waals surface area (Å²) in [4.78, 5) is 8.57. The maximum absolute atomic E-state index is 5.51. The number of aromatic nitrogens is 3. The highest BCUT2D eigenvalue weighted by Crippen LogP contribution is 2.11. The highest BCUT2D eigenvalue weighted by atomic mass is 15.1. The summed E-state index contributed by atoms with van der Waals surface area (Å²) < 4.78 is 1.97. The van der Waals surface area contributed by atoms with E-state index < -0.39 is 0 Å². The number of nitrogens with zero attached hydrogens (tertiary/aromatic N) is 3. The second-order valence-electron chi connectivity index (χ2n) is 3.51. The van der Waals surface area contributed by atoms with Crippen molar-refractivity contribution < 1.29 is 0 Å². The van der Waals surface area contributed by atoms with Crippen LogP contribution in [0.3, 0.4) is 0 Å². The number of nitrogens with two attached hydrogens (primary N) is 1. The van der Waals surface area contributed by atoms with Crippen LogP contribution < -0.4 is 5.73 Å². The largest absolute Gasteiger partial charge is 0.326 e. The Morgan fingerprint density at radius 1 is 1.27 bits per heavy atom. The first-order valence-electron chi connectivity index (χ1n) is 4.88. The topological polar surface area (TPSA) is 56.7 Å². The minimum Gasteiger partial charge on any atom is -0.326 e. The summed E-state index contributed by atoms with van der Waals surface area (Å²) in [5, 5.41) is 0. The standard InChI is InChI=1S/C11H14N4/c1-8-9(2)15(7-14-8)11-4-3-10(5-12)6-13-11/h3-4,6-7H,5,12H2,1-2H3. The Bertz CT molecular complexity index is 456. The highest BCUT2D eigenvalue weighted by molar-refractivity contribution is 5.29. The molecule has 0 atom stereocenters. The lowest BCUT2D eigenvalue weighted by molar-refractivity contribution is 0.936. The van der Waals surface area contributed by atoms with Crippen LogP contribution in [-0.2, 0) is 6.54 Å². The van der Waals surface area contributed by atoms with E-state index in [1.165, 1.54) is 0 Å². The third kappa shape index (κ3) is 1.76. The van der Waals surface area contributed by atoms with E-state index in [-0.39, 0.29) is 0 Å². The van der Waals surface area contributed by atoms with E-state index in [0.717, 1.165) is 22.8 Å². The maximum Gasteiger partial charge on any atom is 0.138 e. The van der Waals surface area contributed by atoms with Gasteiger partial charge in [-0.15, -0.1) is 0 Å². The van der Waals surface area contributed by atoms with Crippen molar-refractivity contribution in [1.29, 1.82) is 0 Å². The van der Waals surface area contributed by atoms with E-state index in [0.29, 0.717) is 6.54 Å². The third-order valence-corrected chi connectivity index (χ3v) is 2.54. The fourth-order valence-corrected chi connectivity index (χ4v) is 1.41. The molecule has 0 fully saturated rings. The molecule has 0 aliphatic rings. The van der Waals surface area contributed by atoms with Crippen LogP contribution in [0.2, 0.25) is 0 Å². The molecule has 2 aromatic rings. The van der Waals surface area contributed by atoms with Crippen molar-refractivity contribution in [2.75, 3.05) is 0 Å². The molecule has 2 N–H and O–H groups in total. The van der Waals surface area contributed by atoms with Gasteiger partial charge in [0.15, 0.2) is 0 Å². The Kier molecular flexibility index (Phi) is 2.51. The Labute approximate surface area is 88.8 Å². The molecule has 0 unspecified atom stereocenters. The van der Waals surface area contributed by atoms with Crippen molar-refractivity contribution in [3.63, 3.8) is 0 Å². The van der Waals surface area contributed by atoms with E-state index in [1.807, 2.05) is 30.5 Å². The van der Waals surface area contributed by atoms with Crippen LogP contribution in [0.25, 0.3) is 5.82 Å². The summed E-state index contributed by atoms with van der Waals surface area (Å²) in [6.45, 7) is 4.54. The SMILES string of the molecule is Cc1ncn(-c2ccc(CN)cn2)c1C. The van der Waals surface area contributed by atoms with Gasteiger partial charge < -0.3 is 5.73 Å². The van der Waals surface area contributed by atoms with Crippen LogP contribution in [-0.4, -0.2) is 14.5 Å². The first kappa shape index (κ1) is 9.86. The third-order valence-electron chi connectivity index (χ3n) is 2.54. The van der Waals surface area contributed by atoms with Gasteiger partial charge in [-0.25, -0.2) is 9.97 Å². The van der Waals surface area contributed by atoms with Gasteiger partial charge in [0.05, 0.1) is 5.69 Å². The molecule has 0 aromatic carbocycles. The van der Waals surface area contributed by atoms with Gasteiger partial charge in [-0.2, -0.15) is 0 Å². The van der Waals surface area contributed by atoms with E-state index in [2.05, 4.69) is 9.97 Å². The van der Waals surface area contributed by atoms with Gasteiger partial charge in [-0.3, -0.25) is 4.57 Å². The molecule has 0 saturated carbocycles. The van der Waals surface area contributed by atoms with Gasteiger partial charge >= 0.3 is 0 Å². The average Bonchev–Trinajstić information content (AvgIpc) is 2.60. The Morgan fingerprint density at radius 2 is 2.07 bits per heavy atom. The number of aryl methyl sites for hydroxylation is 1. The molecule has 4 heteroatoms. The quantitative estimate of drug-likeness (QED) is 0.799. The summed E-state index contributed by atoms with van der Waals surface area (Å²) >= 11 is 0. The average molecular weight is 202 g/mol. The molecular formula is C11H14N4. The minimum absolute atomic E-state index is 0.523. The predicted octanol–water partition coefficient (Wildman–Crippen LogP) is 1.34. The number of rotatable bonds is 2. The van der Waals surface area contributed by atoms with E-state index >= 15 is 0 Å². The number of hydrogen-bond donors (Lipinski definition) is 1. The number of imidazole rings is 1. The van der Waals surface area contributed by atoms with Crippen molar-refractivity contribution in [2.24, 2.45) is 5.73 Å². The second kappa shape index (κ2) is 3.82. The van der Waals surface area contributed by atoms with Gasteiger partial charge in [-0.1, -0.05) is 6.07 Å². The van der Waals surface area contributed by atoms with Crippen molar-refractivity contribution in [3.8, 4) is 5.82 Å². The molecule has 0 radical (unpaired) electrons. The molecule has 0 bridgehead atoms. The zero-order valence-corrected chi connectivity index (χ0v) is 8.94. The smallest absolute Gasteiger partial charge is 0.138 e. The van der Waals surface area contributed by atoms with Crippen LogP contribution >= 0.6 is 0 Å². The number of hydrogen-bond acceptors (Lipinski definition) is 3. The molecular weight excluding hydrogens is 188 g/mol. The van der Waals surface area contributed by atoms with Crippen LogP contribution in [0.4, 0.5) is 0 Å². The maximum atomic E-state index is 5.51. The normalized spacial score (nSPS) is 10.6. The zero-order chi connectivity index (χ0) is 10.8. The summed E-state index contributed by atoms with van der Waals surface area (Å²) in [5.41, 5.74) is 8.69. The Morgan fingerprint density at radius 3 is 2.53 bits per heavy atom. The highest BCUT2D eigenvalue weighted by Gasteiger charge is 2.04. The zero-order valence-electron chi connectivity index (χ0n) is 8.94. The monoisotopic (exact) mass is 202 g/mol. The fraction of sp³-hybridized carbons (Fsp3) is 0.273. The molecule has 2 aromatic heterocycles. The molecule has 0 saturated heterocycles. The molecule has 2 heterocycles. The van der Waals surface area contributed by atoms with Crippen LogP contribution in [0, 0.1) is 13.8 Å². The lowest BCUT2D eigenvalue weighted by Crippen LogP contribution is -2.01. The van der Waals surface area contributed by atoms with Gasteiger partial charge in [0.25, 0.3) is 0 Å². The minimum atomic E-state index is 0.523. The molecule has 0 spiro atoms. The van der Waals surface area contributed by atoms with Crippen LogP contribution in [0.5, 0.6) is 0 Å². The van der Waals surface area contributed by atoms with E-state index in [9.17, 15) is 0 Å². The summed E-state index contributed by atoms with van der Waals surface area (Å²) in [6.07, 6.45) is 3.58. The Hall–Kier alpha value is -1.68. The van der Waals surface area contributed by atoms with Crippen LogP contribution in [0.1, 0.15) is 17.0 Å². The van der Waals surface area contributed by atoms with Crippen molar-refractivity contribution in [3.05, 3.63) is 41.6 Å². The lowest BCUT2D eigenvalue weighted by atomic mass is 10.3. The van der Waals surface area contributed by atoms with Crippen molar-refractivity contribution in [2.45, 2.75) is 20.4 Å². The Balaban J connectivity index is 2.41. The van der Waals surface area contributed by atoms with E-state index in [1.54, 1.807) is 12.5 Å². The number of pyridine rings is 1. The molecule has 0 aliphatic carbocycles. The molecule has 78 valence electrons. The molecule has 0 amide bonds. The van der Waals surface area contributed by atoms with E-state index in [4.69, 9.17) is 5.73 Å².